The Morgan fingerprint density at radius 1 is 1.35 bits per heavy atom. The summed E-state index contributed by atoms with van der Waals surface area (Å²) in [7, 11) is 0. The predicted octanol–water partition coefficient (Wildman–Crippen LogP) is 3.71. The van der Waals surface area contributed by atoms with Crippen molar-refractivity contribution in [2.24, 2.45) is 0 Å². The van der Waals surface area contributed by atoms with Gasteiger partial charge in [0.1, 0.15) is 17.3 Å². The van der Waals surface area contributed by atoms with Crippen molar-refractivity contribution in [2.75, 3.05) is 0 Å². The molecule has 0 aliphatic rings. The van der Waals surface area contributed by atoms with Crippen LogP contribution in [0.2, 0.25) is 0 Å². The third-order valence-electron chi connectivity index (χ3n) is 3.25. The van der Waals surface area contributed by atoms with Crippen LogP contribution in [0, 0.1) is 12.7 Å². The first-order valence-corrected chi connectivity index (χ1v) is 8.00. The molecule has 0 saturated carbocycles. The molecule has 0 fully saturated rings. The molecule has 118 valence electrons. The van der Waals surface area contributed by atoms with Crippen molar-refractivity contribution in [2.45, 2.75) is 19.9 Å². The number of carbonyl (C=O) groups is 1. The quantitative estimate of drug-likeness (QED) is 0.776. The fourth-order valence-corrected chi connectivity index (χ4v) is 2.77. The lowest BCUT2D eigenvalue weighted by Crippen LogP contribution is -2.24. The normalized spacial score (nSPS) is 10.7. The van der Waals surface area contributed by atoms with Crippen LogP contribution < -0.4 is 5.32 Å². The molecule has 0 unspecified atom stereocenters. The average molecular weight is 330 g/mol. The van der Waals surface area contributed by atoms with E-state index in [0.29, 0.717) is 17.1 Å². The fraction of sp³-hybridized carbons (Fsp3) is 0.176. The molecule has 6 heteroatoms. The first-order chi connectivity index (χ1) is 11.1. The second-order valence-electron chi connectivity index (χ2n) is 5.10. The van der Waals surface area contributed by atoms with Crippen molar-refractivity contribution < 1.29 is 13.6 Å². The lowest BCUT2D eigenvalue weighted by atomic mass is 10.1. The number of halogens is 1. The third kappa shape index (κ3) is 4.04. The zero-order chi connectivity index (χ0) is 16.2. The van der Waals surface area contributed by atoms with Crippen molar-refractivity contribution in [1.29, 1.82) is 0 Å². The maximum Gasteiger partial charge on any atom is 0.224 e. The van der Waals surface area contributed by atoms with Crippen LogP contribution in [-0.4, -0.2) is 10.9 Å². The van der Waals surface area contributed by atoms with Gasteiger partial charge in [0.2, 0.25) is 5.91 Å². The van der Waals surface area contributed by atoms with Crippen molar-refractivity contribution in [3.8, 4) is 11.5 Å². The van der Waals surface area contributed by atoms with Gasteiger partial charge in [0.15, 0.2) is 5.76 Å². The number of carbonyl (C=O) groups excluding carboxylic acids is 1. The largest absolute Gasteiger partial charge is 0.458 e. The van der Waals surface area contributed by atoms with Crippen LogP contribution in [0.4, 0.5) is 4.39 Å². The van der Waals surface area contributed by atoms with Gasteiger partial charge in [-0.3, -0.25) is 4.79 Å². The van der Waals surface area contributed by atoms with Crippen LogP contribution in [0.25, 0.3) is 11.5 Å². The Bertz CT molecular complexity index is 825. The zero-order valence-electron chi connectivity index (χ0n) is 12.5. The smallest absolute Gasteiger partial charge is 0.224 e. The van der Waals surface area contributed by atoms with Gasteiger partial charge < -0.3 is 9.73 Å². The Labute approximate surface area is 137 Å². The maximum atomic E-state index is 13.1. The molecule has 1 amide bonds. The minimum atomic E-state index is -0.343. The van der Waals surface area contributed by atoms with Crippen LogP contribution in [0.1, 0.15) is 16.3 Å². The summed E-state index contributed by atoms with van der Waals surface area (Å²) in [6, 6.07) is 9.67. The van der Waals surface area contributed by atoms with Crippen molar-refractivity contribution >= 4 is 17.2 Å². The summed E-state index contributed by atoms with van der Waals surface area (Å²) in [6.45, 7) is 2.22. The number of benzene rings is 1. The summed E-state index contributed by atoms with van der Waals surface area (Å²) in [5.41, 5.74) is 1.44. The zero-order valence-corrected chi connectivity index (χ0v) is 13.3. The standard InChI is InChI=1S/C17H15FN2O2S/c1-11-20-15(10-23-11)16-6-5-14(22-16)9-19-17(21)8-12-3-2-4-13(18)7-12/h2-7,10H,8-9H2,1H3,(H,19,21). The molecular weight excluding hydrogens is 315 g/mol. The van der Waals surface area contributed by atoms with Gasteiger partial charge in [-0.15, -0.1) is 11.3 Å². The highest BCUT2D eigenvalue weighted by Gasteiger charge is 2.09. The van der Waals surface area contributed by atoms with Gasteiger partial charge in [-0.05, 0) is 36.8 Å². The van der Waals surface area contributed by atoms with E-state index in [1.54, 1.807) is 23.5 Å². The topological polar surface area (TPSA) is 55.1 Å². The van der Waals surface area contributed by atoms with Crippen LogP contribution in [0.3, 0.4) is 0 Å². The average Bonchev–Trinajstić information content (AvgIpc) is 3.14. The summed E-state index contributed by atoms with van der Waals surface area (Å²) >= 11 is 1.56. The molecule has 0 aliphatic carbocycles. The molecule has 1 N–H and O–H groups in total. The van der Waals surface area contributed by atoms with Crippen molar-refractivity contribution in [3.63, 3.8) is 0 Å². The molecule has 0 radical (unpaired) electrons. The molecule has 2 heterocycles. The van der Waals surface area contributed by atoms with Gasteiger partial charge in [-0.25, -0.2) is 9.37 Å². The number of hydrogen-bond acceptors (Lipinski definition) is 4. The fourth-order valence-electron chi connectivity index (χ4n) is 2.17. The molecule has 1 aromatic carbocycles. The van der Waals surface area contributed by atoms with E-state index < -0.39 is 0 Å². The van der Waals surface area contributed by atoms with E-state index in [-0.39, 0.29) is 24.7 Å². The molecule has 0 spiro atoms. The minimum Gasteiger partial charge on any atom is -0.458 e. The lowest BCUT2D eigenvalue weighted by molar-refractivity contribution is -0.120. The van der Waals surface area contributed by atoms with Gasteiger partial charge in [0, 0.05) is 5.38 Å². The third-order valence-corrected chi connectivity index (χ3v) is 4.02. The van der Waals surface area contributed by atoms with Crippen LogP contribution in [-0.2, 0) is 17.8 Å². The Morgan fingerprint density at radius 2 is 2.22 bits per heavy atom. The van der Waals surface area contributed by atoms with Crippen LogP contribution in [0.5, 0.6) is 0 Å². The predicted molar refractivity (Wildman–Crippen MR) is 86.5 cm³/mol. The van der Waals surface area contributed by atoms with Gasteiger partial charge in [-0.1, -0.05) is 12.1 Å². The highest BCUT2D eigenvalue weighted by molar-refractivity contribution is 7.09. The number of nitrogens with zero attached hydrogens (tertiary/aromatic N) is 1. The van der Waals surface area contributed by atoms with E-state index in [1.807, 2.05) is 24.4 Å². The Morgan fingerprint density at radius 3 is 2.96 bits per heavy atom. The molecule has 4 nitrogen and oxygen atoms in total. The summed E-state index contributed by atoms with van der Waals surface area (Å²) in [4.78, 5) is 16.2. The molecule has 3 rings (SSSR count). The van der Waals surface area contributed by atoms with Gasteiger partial charge in [-0.2, -0.15) is 0 Å². The molecule has 0 atom stereocenters. The molecule has 0 saturated heterocycles. The van der Waals surface area contributed by atoms with Crippen LogP contribution in [0.15, 0.2) is 46.2 Å². The lowest BCUT2D eigenvalue weighted by Gasteiger charge is -2.03. The molecule has 3 aromatic rings. The number of aromatic nitrogens is 1. The molecular formula is C17H15FN2O2S. The van der Waals surface area contributed by atoms with E-state index in [0.717, 1.165) is 10.7 Å². The van der Waals surface area contributed by atoms with Crippen LogP contribution >= 0.6 is 11.3 Å². The Hall–Kier alpha value is -2.47. The summed E-state index contributed by atoms with van der Waals surface area (Å²) in [5, 5.41) is 5.67. The van der Waals surface area contributed by atoms with E-state index in [9.17, 15) is 9.18 Å². The number of aryl methyl sites for hydroxylation is 1. The van der Waals surface area contributed by atoms with E-state index in [1.165, 1.54) is 12.1 Å². The number of furan rings is 1. The van der Waals surface area contributed by atoms with Crippen molar-refractivity contribution in [1.82, 2.24) is 10.3 Å². The number of nitrogens with one attached hydrogen (secondary N) is 1. The van der Waals surface area contributed by atoms with E-state index >= 15 is 0 Å². The second-order valence-corrected chi connectivity index (χ2v) is 6.16. The van der Waals surface area contributed by atoms with E-state index in [4.69, 9.17) is 4.42 Å². The maximum absolute atomic E-state index is 13.1. The summed E-state index contributed by atoms with van der Waals surface area (Å²) in [5.74, 6) is 0.810. The first-order valence-electron chi connectivity index (χ1n) is 7.12. The van der Waals surface area contributed by atoms with E-state index in [2.05, 4.69) is 10.3 Å². The molecule has 0 bridgehead atoms. The van der Waals surface area contributed by atoms with Gasteiger partial charge in [0.05, 0.1) is 18.0 Å². The number of rotatable bonds is 5. The van der Waals surface area contributed by atoms with Gasteiger partial charge in [0.25, 0.3) is 0 Å². The summed E-state index contributed by atoms with van der Waals surface area (Å²) in [6.07, 6.45) is 0.136. The first kappa shape index (κ1) is 15.4. The SMILES string of the molecule is Cc1nc(-c2ccc(CNC(=O)Cc3cccc(F)c3)o2)cs1. The molecule has 2 aromatic heterocycles. The van der Waals surface area contributed by atoms with Crippen molar-refractivity contribution in [3.05, 3.63) is 63.9 Å². The Kier molecular flexibility index (Phi) is 4.52. The second kappa shape index (κ2) is 6.75. The van der Waals surface area contributed by atoms with Gasteiger partial charge >= 0.3 is 0 Å². The summed E-state index contributed by atoms with van der Waals surface area (Å²) < 4.78 is 18.8. The molecule has 23 heavy (non-hydrogen) atoms. The number of thiazole rings is 1. The number of amides is 1. The highest BCUT2D eigenvalue weighted by atomic mass is 32.1. The monoisotopic (exact) mass is 330 g/mol. The molecule has 0 aliphatic heterocycles. The Balaban J connectivity index is 1.56. The number of hydrogen-bond donors (Lipinski definition) is 1. The minimum absolute atomic E-state index is 0.136. The highest BCUT2D eigenvalue weighted by Crippen LogP contribution is 2.23.